The highest BCUT2D eigenvalue weighted by molar-refractivity contribution is 5.93. The highest BCUT2D eigenvalue weighted by Crippen LogP contribution is 2.44. The Bertz CT molecular complexity index is 2100. The number of fused-ring (bicyclic) bond motifs is 1. The molecule has 4 aromatic rings. The van der Waals surface area contributed by atoms with Gasteiger partial charge in [-0.1, -0.05) is 118 Å². The molecule has 9 nitrogen and oxygen atoms in total. The molecule has 2 aliphatic carbocycles. The summed E-state index contributed by atoms with van der Waals surface area (Å²) in [4.78, 5) is 49.6. The number of hydrogen-bond acceptors (Lipinski definition) is 7. The minimum absolute atomic E-state index is 0.00940. The molecule has 2 amide bonds. The molecular weight excluding hydrogens is 761 g/mol. The number of nitrogens with one attached hydrogen (secondary N) is 1. The summed E-state index contributed by atoms with van der Waals surface area (Å²) in [6, 6.07) is 29.6. The average molecular weight is 827 g/mol. The van der Waals surface area contributed by atoms with Gasteiger partial charge in [0, 0.05) is 44.0 Å². The highest BCUT2D eigenvalue weighted by Gasteiger charge is 2.44. The van der Waals surface area contributed by atoms with Crippen molar-refractivity contribution in [3.8, 4) is 11.5 Å². The van der Waals surface area contributed by atoms with Gasteiger partial charge < -0.3 is 24.6 Å². The van der Waals surface area contributed by atoms with Crippen molar-refractivity contribution in [3.05, 3.63) is 108 Å². The Morgan fingerprint density at radius 2 is 1.57 bits per heavy atom. The third-order valence-electron chi connectivity index (χ3n) is 14.5. The fraction of sp³-hybridized carbons (Fsp3) is 0.519. The summed E-state index contributed by atoms with van der Waals surface area (Å²) < 4.78 is 11.7. The number of likely N-dealkylation sites (tertiary alicyclic amines) is 1. The van der Waals surface area contributed by atoms with Gasteiger partial charge in [0.2, 0.25) is 5.91 Å². The SMILES string of the molecule is CCc1ccc(CCC(=O)[C@@H]2CN(C(=O)Oc3cccc4ccccc34)CCN2C(=O)[C@@H](CC2CCCCC2)NC2CCC3(CC2)CCN(Cc2ccccc2)C3)cc1OC. The molecule has 2 saturated carbocycles. The number of ether oxygens (including phenoxy) is 2. The average Bonchev–Trinajstić information content (AvgIpc) is 3.69. The van der Waals surface area contributed by atoms with Gasteiger partial charge in [-0.25, -0.2) is 4.79 Å². The predicted octanol–water partition coefficient (Wildman–Crippen LogP) is 9.39. The first-order valence-corrected chi connectivity index (χ1v) is 23.3. The molecule has 2 atom stereocenters. The number of rotatable bonds is 14. The maximum absolute atomic E-state index is 15.1. The van der Waals surface area contributed by atoms with E-state index in [4.69, 9.17) is 9.47 Å². The molecule has 61 heavy (non-hydrogen) atoms. The number of methoxy groups -OCH3 is 1. The first kappa shape index (κ1) is 42.9. The highest BCUT2D eigenvalue weighted by atomic mass is 16.6. The summed E-state index contributed by atoms with van der Waals surface area (Å²) in [7, 11) is 1.68. The molecule has 2 heterocycles. The van der Waals surface area contributed by atoms with Gasteiger partial charge >= 0.3 is 6.09 Å². The van der Waals surface area contributed by atoms with Gasteiger partial charge in [0.05, 0.1) is 19.7 Å². The minimum atomic E-state index is -0.766. The smallest absolute Gasteiger partial charge is 0.415 e. The topological polar surface area (TPSA) is 91.4 Å². The Morgan fingerprint density at radius 3 is 2.36 bits per heavy atom. The molecule has 0 aromatic heterocycles. The van der Waals surface area contributed by atoms with Crippen LogP contribution in [0.25, 0.3) is 10.8 Å². The molecule has 4 fully saturated rings. The Kier molecular flexibility index (Phi) is 14.1. The van der Waals surface area contributed by atoms with Crippen LogP contribution in [0, 0.1) is 11.3 Å². The molecule has 1 N–H and O–H groups in total. The van der Waals surface area contributed by atoms with E-state index in [0.717, 1.165) is 85.8 Å². The van der Waals surface area contributed by atoms with Crippen LogP contribution < -0.4 is 14.8 Å². The van der Waals surface area contributed by atoms with E-state index in [0.29, 0.717) is 30.0 Å². The molecule has 0 bridgehead atoms. The molecule has 4 aromatic carbocycles. The maximum Gasteiger partial charge on any atom is 0.415 e. The van der Waals surface area contributed by atoms with Crippen LogP contribution in [0.3, 0.4) is 0 Å². The van der Waals surface area contributed by atoms with Crippen LogP contribution in [0.1, 0.15) is 101 Å². The van der Waals surface area contributed by atoms with Crippen LogP contribution in [0.4, 0.5) is 4.79 Å². The van der Waals surface area contributed by atoms with Gasteiger partial charge in [-0.3, -0.25) is 14.5 Å². The summed E-state index contributed by atoms with van der Waals surface area (Å²) in [6.07, 6.45) is 13.6. The molecule has 324 valence electrons. The molecule has 2 aliphatic heterocycles. The Morgan fingerprint density at radius 1 is 0.803 bits per heavy atom. The summed E-state index contributed by atoms with van der Waals surface area (Å²) >= 11 is 0. The first-order chi connectivity index (χ1) is 29.8. The second-order valence-corrected chi connectivity index (χ2v) is 18.5. The van der Waals surface area contributed by atoms with Crippen LogP contribution in [-0.2, 0) is 29.0 Å². The Balaban J connectivity index is 0.980. The maximum atomic E-state index is 15.1. The van der Waals surface area contributed by atoms with Crippen molar-refractivity contribution < 1.29 is 23.9 Å². The zero-order chi connectivity index (χ0) is 42.2. The summed E-state index contributed by atoms with van der Waals surface area (Å²) in [5.41, 5.74) is 3.87. The van der Waals surface area contributed by atoms with Crippen molar-refractivity contribution in [1.29, 1.82) is 0 Å². The van der Waals surface area contributed by atoms with Gasteiger partial charge in [-0.15, -0.1) is 0 Å². The fourth-order valence-electron chi connectivity index (χ4n) is 10.9. The van der Waals surface area contributed by atoms with Crippen molar-refractivity contribution in [2.75, 3.05) is 39.8 Å². The van der Waals surface area contributed by atoms with Crippen molar-refractivity contribution in [2.24, 2.45) is 11.3 Å². The molecular formula is C52H66N4O5. The quantitative estimate of drug-likeness (QED) is 0.136. The fourth-order valence-corrected chi connectivity index (χ4v) is 10.9. The van der Waals surface area contributed by atoms with E-state index in [1.54, 1.807) is 12.0 Å². The largest absolute Gasteiger partial charge is 0.496 e. The molecule has 0 radical (unpaired) electrons. The monoisotopic (exact) mass is 827 g/mol. The normalized spacial score (nSPS) is 23.0. The number of Topliss-reactive ketones (excluding diaryl/α,β-unsaturated/α-hetero) is 1. The second kappa shape index (κ2) is 20.0. The summed E-state index contributed by atoms with van der Waals surface area (Å²) in [5.74, 6) is 1.77. The third kappa shape index (κ3) is 10.5. The number of nitrogens with zero attached hydrogens (tertiary/aromatic N) is 3. The van der Waals surface area contributed by atoms with Gasteiger partial charge in [0.15, 0.2) is 5.78 Å². The first-order valence-electron chi connectivity index (χ1n) is 23.3. The standard InChI is InChI=1S/C52H66N4O5/c1-3-41-23-21-39(34-49(41)60-2)22-24-47(57)46-36-55(51(59)61-48-20-12-18-42-17-10-11-19-44(42)48)31-32-56(46)50(58)45(33-38-13-6-4-7-14-38)53-43-25-27-52(28-26-43)29-30-54(37-52)35-40-15-8-5-9-16-40/h5,8-12,15-21,23,34,38,43,45-46,53H,3-4,6-7,13-14,22,24-33,35-37H2,1-2H3/t43?,45-,46+,52?/m1/s1. The van der Waals surface area contributed by atoms with Gasteiger partial charge in [0.1, 0.15) is 17.5 Å². The summed E-state index contributed by atoms with van der Waals surface area (Å²) in [5, 5.41) is 5.78. The number of benzene rings is 4. The van der Waals surface area contributed by atoms with Crippen LogP contribution >= 0.6 is 0 Å². The van der Waals surface area contributed by atoms with Crippen molar-refractivity contribution >= 4 is 28.6 Å². The Hall–Kier alpha value is -4.73. The van der Waals surface area contributed by atoms with Crippen molar-refractivity contribution in [1.82, 2.24) is 20.0 Å². The lowest BCUT2D eigenvalue weighted by atomic mass is 9.71. The Labute approximate surface area is 363 Å². The third-order valence-corrected chi connectivity index (χ3v) is 14.5. The molecule has 0 unspecified atom stereocenters. The number of carbonyl (C=O) groups excluding carboxylic acids is 3. The lowest BCUT2D eigenvalue weighted by Crippen LogP contribution is -2.63. The number of piperazine rings is 1. The van der Waals surface area contributed by atoms with Crippen LogP contribution in [0.2, 0.25) is 0 Å². The van der Waals surface area contributed by atoms with E-state index >= 15 is 4.79 Å². The van der Waals surface area contributed by atoms with Crippen molar-refractivity contribution in [3.63, 3.8) is 0 Å². The number of ketones is 1. The second-order valence-electron chi connectivity index (χ2n) is 18.5. The van der Waals surface area contributed by atoms with Crippen molar-refractivity contribution in [2.45, 2.75) is 121 Å². The number of amides is 2. The summed E-state index contributed by atoms with van der Waals surface area (Å²) in [6.45, 7) is 6.09. The lowest BCUT2D eigenvalue weighted by Gasteiger charge is -2.43. The molecule has 2 saturated heterocycles. The minimum Gasteiger partial charge on any atom is -0.496 e. The molecule has 8 rings (SSSR count). The molecule has 9 heteroatoms. The lowest BCUT2D eigenvalue weighted by molar-refractivity contribution is -0.145. The zero-order valence-electron chi connectivity index (χ0n) is 36.5. The van der Waals surface area contributed by atoms with Crippen LogP contribution in [-0.4, -0.2) is 90.4 Å². The van der Waals surface area contributed by atoms with Gasteiger partial charge in [0.25, 0.3) is 0 Å². The van der Waals surface area contributed by atoms with E-state index in [9.17, 15) is 9.59 Å². The van der Waals surface area contributed by atoms with Gasteiger partial charge in [-0.2, -0.15) is 0 Å². The van der Waals surface area contributed by atoms with E-state index in [-0.39, 0.29) is 43.3 Å². The number of aryl methyl sites for hydroxylation is 2. The van der Waals surface area contributed by atoms with E-state index < -0.39 is 12.1 Å². The van der Waals surface area contributed by atoms with E-state index in [2.05, 4.69) is 59.6 Å². The zero-order valence-corrected chi connectivity index (χ0v) is 36.5. The number of hydrogen-bond donors (Lipinski definition) is 1. The molecule has 4 aliphatic rings. The van der Waals surface area contributed by atoms with Gasteiger partial charge in [-0.05, 0) is 103 Å². The molecule has 1 spiro atoms. The number of carbonyl (C=O) groups is 3. The van der Waals surface area contributed by atoms with Crippen LogP contribution in [0.5, 0.6) is 11.5 Å². The predicted molar refractivity (Wildman–Crippen MR) is 242 cm³/mol. The van der Waals surface area contributed by atoms with E-state index in [1.807, 2.05) is 53.4 Å². The van der Waals surface area contributed by atoms with E-state index in [1.165, 1.54) is 44.1 Å². The van der Waals surface area contributed by atoms with Crippen LogP contribution in [0.15, 0.2) is 91.0 Å².